The lowest BCUT2D eigenvalue weighted by molar-refractivity contribution is -0.155. The average Bonchev–Trinajstić information content (AvgIpc) is 2.55. The van der Waals surface area contributed by atoms with Gasteiger partial charge in [0, 0.05) is 17.9 Å². The van der Waals surface area contributed by atoms with Crippen molar-refractivity contribution < 1.29 is 24.6 Å². The van der Waals surface area contributed by atoms with E-state index in [0.717, 1.165) is 0 Å². The van der Waals surface area contributed by atoms with Gasteiger partial charge < -0.3 is 10.2 Å². The Balaban J connectivity index is 2.36. The summed E-state index contributed by atoms with van der Waals surface area (Å²) >= 11 is 0. The molecule has 0 unspecified atom stereocenters. The second-order valence-corrected chi connectivity index (χ2v) is 5.16. The number of benzene rings is 2. The van der Waals surface area contributed by atoms with Crippen LogP contribution in [0.5, 0.6) is 0 Å². The van der Waals surface area contributed by atoms with Gasteiger partial charge in [-0.15, -0.1) is 0 Å². The number of ketones is 1. The quantitative estimate of drug-likeness (QED) is 0.606. The van der Waals surface area contributed by atoms with E-state index in [1.54, 1.807) is 60.7 Å². The molecule has 2 N–H and O–H groups in total. The summed E-state index contributed by atoms with van der Waals surface area (Å²) in [7, 11) is 0. The van der Waals surface area contributed by atoms with Gasteiger partial charge in [-0.2, -0.15) is 0 Å². The molecule has 0 radical (unpaired) electrons. The monoisotopic (exact) mass is 312 g/mol. The van der Waals surface area contributed by atoms with Gasteiger partial charge in [-0.25, -0.2) is 0 Å². The van der Waals surface area contributed by atoms with Crippen molar-refractivity contribution in [3.8, 4) is 0 Å². The second kappa shape index (κ2) is 7.35. The third kappa shape index (κ3) is 4.03. The van der Waals surface area contributed by atoms with Gasteiger partial charge in [0.1, 0.15) is 0 Å². The molecule has 0 aliphatic carbocycles. The Labute approximate surface area is 133 Å². The van der Waals surface area contributed by atoms with Crippen LogP contribution in [0.25, 0.3) is 0 Å². The minimum absolute atomic E-state index is 0.183. The van der Waals surface area contributed by atoms with Crippen LogP contribution in [-0.2, 0) is 9.59 Å². The molecule has 1 atom stereocenters. The van der Waals surface area contributed by atoms with Gasteiger partial charge >= 0.3 is 11.9 Å². The maximum atomic E-state index is 12.4. The lowest BCUT2D eigenvalue weighted by atomic mass is 9.81. The predicted molar refractivity (Wildman–Crippen MR) is 83.3 cm³/mol. The van der Waals surface area contributed by atoms with Gasteiger partial charge in [-0.1, -0.05) is 60.7 Å². The molecule has 2 aromatic rings. The van der Waals surface area contributed by atoms with Gasteiger partial charge in [0.2, 0.25) is 0 Å². The molecule has 0 aliphatic heterocycles. The van der Waals surface area contributed by atoms with Crippen LogP contribution in [-0.4, -0.2) is 27.9 Å². The van der Waals surface area contributed by atoms with Gasteiger partial charge in [-0.05, 0) is 5.56 Å². The Morgan fingerprint density at radius 1 is 0.783 bits per heavy atom. The molecule has 5 nitrogen and oxygen atoms in total. The highest BCUT2D eigenvalue weighted by atomic mass is 16.4. The van der Waals surface area contributed by atoms with Crippen LogP contribution in [0.3, 0.4) is 0 Å². The zero-order valence-corrected chi connectivity index (χ0v) is 12.3. The van der Waals surface area contributed by atoms with Crippen LogP contribution in [0.4, 0.5) is 0 Å². The van der Waals surface area contributed by atoms with Crippen molar-refractivity contribution in [2.75, 3.05) is 0 Å². The largest absolute Gasteiger partial charge is 0.481 e. The molecule has 0 aromatic heterocycles. The summed E-state index contributed by atoms with van der Waals surface area (Å²) in [5.41, 5.74) is 0.953. The molecule has 2 rings (SSSR count). The van der Waals surface area contributed by atoms with Crippen molar-refractivity contribution >= 4 is 17.7 Å². The first-order valence-corrected chi connectivity index (χ1v) is 7.09. The van der Waals surface area contributed by atoms with Crippen LogP contribution in [0.15, 0.2) is 60.7 Å². The van der Waals surface area contributed by atoms with E-state index in [1.807, 2.05) is 0 Å². The van der Waals surface area contributed by atoms with Crippen molar-refractivity contribution in [3.05, 3.63) is 71.8 Å². The molecule has 23 heavy (non-hydrogen) atoms. The maximum Gasteiger partial charge on any atom is 0.318 e. The number of carboxylic acid groups (broad SMARTS) is 2. The summed E-state index contributed by atoms with van der Waals surface area (Å²) in [6, 6.07) is 16.8. The molecule has 0 amide bonds. The number of Topliss-reactive ketones (excluding diaryl/α,β-unsaturated/α-hetero) is 1. The van der Waals surface area contributed by atoms with Gasteiger partial charge in [0.05, 0.1) is 0 Å². The summed E-state index contributed by atoms with van der Waals surface area (Å²) in [6.45, 7) is 0. The number of aliphatic carboxylic acids is 2. The highest BCUT2D eigenvalue weighted by molar-refractivity contribution is 5.99. The van der Waals surface area contributed by atoms with Crippen molar-refractivity contribution in [2.45, 2.75) is 12.3 Å². The van der Waals surface area contributed by atoms with Crippen molar-refractivity contribution in [2.24, 2.45) is 5.92 Å². The first-order valence-electron chi connectivity index (χ1n) is 7.09. The smallest absolute Gasteiger partial charge is 0.318 e. The van der Waals surface area contributed by atoms with Crippen molar-refractivity contribution in [3.63, 3.8) is 0 Å². The van der Waals surface area contributed by atoms with E-state index in [-0.39, 0.29) is 12.2 Å². The lowest BCUT2D eigenvalue weighted by Gasteiger charge is -2.21. The molecule has 0 heterocycles. The first-order chi connectivity index (χ1) is 11.0. The number of hydrogen-bond acceptors (Lipinski definition) is 3. The third-order valence-corrected chi connectivity index (χ3v) is 3.66. The Hall–Kier alpha value is -2.95. The van der Waals surface area contributed by atoms with Crippen molar-refractivity contribution in [1.29, 1.82) is 0 Å². The standard InChI is InChI=1S/C18H16O5/c19-15(13-9-5-2-6-10-13)11-14(12-7-3-1-4-8-12)16(17(20)21)18(22)23/h1-10,14,16H,11H2,(H,20,21)(H,22,23)/t14-/m0/s1. The normalized spacial score (nSPS) is 11.9. The maximum absolute atomic E-state index is 12.4. The number of carbonyl (C=O) groups excluding carboxylic acids is 1. The fraction of sp³-hybridized carbons (Fsp3) is 0.167. The molecule has 0 fully saturated rings. The lowest BCUT2D eigenvalue weighted by Crippen LogP contribution is -2.31. The van der Waals surface area contributed by atoms with Crippen LogP contribution in [0.2, 0.25) is 0 Å². The second-order valence-electron chi connectivity index (χ2n) is 5.16. The molecule has 118 valence electrons. The topological polar surface area (TPSA) is 91.7 Å². The fourth-order valence-electron chi connectivity index (χ4n) is 2.52. The van der Waals surface area contributed by atoms with Gasteiger partial charge in [0.25, 0.3) is 0 Å². The Bertz CT molecular complexity index is 680. The molecular formula is C18H16O5. The molecular weight excluding hydrogens is 296 g/mol. The van der Waals surface area contributed by atoms with E-state index < -0.39 is 23.8 Å². The first kappa shape index (κ1) is 16.4. The van der Waals surface area contributed by atoms with E-state index in [9.17, 15) is 24.6 Å². The molecule has 0 spiro atoms. The van der Waals surface area contributed by atoms with Crippen LogP contribution in [0.1, 0.15) is 28.3 Å². The number of carboxylic acids is 2. The van der Waals surface area contributed by atoms with E-state index >= 15 is 0 Å². The number of hydrogen-bond donors (Lipinski definition) is 2. The highest BCUT2D eigenvalue weighted by Gasteiger charge is 2.37. The predicted octanol–water partition coefficient (Wildman–Crippen LogP) is 2.83. The molecule has 0 aliphatic rings. The number of carbonyl (C=O) groups is 3. The Kier molecular flexibility index (Phi) is 5.25. The van der Waals surface area contributed by atoms with E-state index in [1.165, 1.54) is 0 Å². The Morgan fingerprint density at radius 3 is 1.74 bits per heavy atom. The van der Waals surface area contributed by atoms with Gasteiger partial charge in [0.15, 0.2) is 11.7 Å². The summed E-state index contributed by atoms with van der Waals surface area (Å²) in [5, 5.41) is 18.5. The Morgan fingerprint density at radius 2 is 1.26 bits per heavy atom. The fourth-order valence-corrected chi connectivity index (χ4v) is 2.52. The van der Waals surface area contributed by atoms with Crippen LogP contribution in [0, 0.1) is 5.92 Å². The molecule has 0 bridgehead atoms. The number of rotatable bonds is 7. The summed E-state index contributed by atoms with van der Waals surface area (Å²) in [4.78, 5) is 35.2. The molecule has 0 saturated carbocycles. The van der Waals surface area contributed by atoms with Crippen LogP contribution >= 0.6 is 0 Å². The van der Waals surface area contributed by atoms with E-state index in [4.69, 9.17) is 0 Å². The third-order valence-electron chi connectivity index (χ3n) is 3.66. The molecule has 0 saturated heterocycles. The summed E-state index contributed by atoms with van der Waals surface area (Å²) < 4.78 is 0. The minimum Gasteiger partial charge on any atom is -0.481 e. The van der Waals surface area contributed by atoms with Gasteiger partial charge in [-0.3, -0.25) is 14.4 Å². The van der Waals surface area contributed by atoms with Crippen molar-refractivity contribution in [1.82, 2.24) is 0 Å². The summed E-state index contributed by atoms with van der Waals surface area (Å²) in [5.74, 6) is -5.80. The van der Waals surface area contributed by atoms with Crippen LogP contribution < -0.4 is 0 Å². The highest BCUT2D eigenvalue weighted by Crippen LogP contribution is 2.30. The SMILES string of the molecule is O=C(C[C@@H](c1ccccc1)C(C(=O)O)C(=O)O)c1ccccc1. The van der Waals surface area contributed by atoms with E-state index in [0.29, 0.717) is 11.1 Å². The van der Waals surface area contributed by atoms with E-state index in [2.05, 4.69) is 0 Å². The average molecular weight is 312 g/mol. The minimum atomic E-state index is -1.68. The molecule has 2 aromatic carbocycles. The zero-order chi connectivity index (χ0) is 16.8. The summed E-state index contributed by atoms with van der Waals surface area (Å²) in [6.07, 6.45) is -0.183. The zero-order valence-electron chi connectivity index (χ0n) is 12.3. The molecule has 5 heteroatoms.